The van der Waals surface area contributed by atoms with E-state index in [4.69, 9.17) is 0 Å². The van der Waals surface area contributed by atoms with Crippen LogP contribution in [0.3, 0.4) is 0 Å². The number of benzene rings is 1. The van der Waals surface area contributed by atoms with E-state index in [-0.39, 0.29) is 0 Å². The average molecular weight is 282 g/mol. The summed E-state index contributed by atoms with van der Waals surface area (Å²) in [5.74, 6) is 0.904. The summed E-state index contributed by atoms with van der Waals surface area (Å²) in [7, 11) is 2.17. The van der Waals surface area contributed by atoms with Crippen molar-refractivity contribution < 1.29 is 0 Å². The lowest BCUT2D eigenvalue weighted by Gasteiger charge is -2.24. The highest BCUT2D eigenvalue weighted by Gasteiger charge is 2.25. The molecular weight excluding hydrogens is 260 g/mol. The fraction of sp³-hybridized carbons (Fsp3) is 0.412. The van der Waals surface area contributed by atoms with Crippen LogP contribution in [0, 0.1) is 0 Å². The van der Waals surface area contributed by atoms with E-state index >= 15 is 0 Å². The van der Waals surface area contributed by atoms with Gasteiger partial charge in [0.05, 0.1) is 6.54 Å². The maximum absolute atomic E-state index is 4.31. The van der Waals surface area contributed by atoms with Crippen LogP contribution in [0.15, 0.2) is 48.8 Å². The van der Waals surface area contributed by atoms with E-state index < -0.39 is 0 Å². The van der Waals surface area contributed by atoms with Crippen LogP contribution >= 0.6 is 0 Å². The molecule has 21 heavy (non-hydrogen) atoms. The minimum absolute atomic E-state index is 0.595. The van der Waals surface area contributed by atoms with E-state index in [1.54, 1.807) is 0 Å². The Balaban J connectivity index is 1.52. The van der Waals surface area contributed by atoms with Crippen LogP contribution in [0.2, 0.25) is 0 Å². The van der Waals surface area contributed by atoms with E-state index in [1.165, 1.54) is 18.5 Å². The lowest BCUT2D eigenvalue weighted by atomic mass is 10.2. The van der Waals surface area contributed by atoms with Crippen LogP contribution in [-0.4, -0.2) is 45.9 Å². The van der Waals surface area contributed by atoms with Crippen molar-refractivity contribution in [3.05, 3.63) is 60.2 Å². The van der Waals surface area contributed by atoms with Gasteiger partial charge in [-0.25, -0.2) is 9.97 Å². The van der Waals surface area contributed by atoms with Crippen LogP contribution in [0.4, 0.5) is 0 Å². The largest absolute Gasteiger partial charge is 0.297 e. The van der Waals surface area contributed by atoms with Gasteiger partial charge in [-0.2, -0.15) is 0 Å². The third-order valence-corrected chi connectivity index (χ3v) is 4.13. The van der Waals surface area contributed by atoms with Crippen molar-refractivity contribution in [3.8, 4) is 0 Å². The Labute approximate surface area is 126 Å². The third-order valence-electron chi connectivity index (χ3n) is 4.13. The molecule has 2 aromatic rings. The molecular formula is C17H22N4. The summed E-state index contributed by atoms with van der Waals surface area (Å²) in [6.45, 7) is 4.16. The second-order valence-electron chi connectivity index (χ2n) is 5.74. The summed E-state index contributed by atoms with van der Waals surface area (Å²) in [4.78, 5) is 13.5. The predicted molar refractivity (Wildman–Crippen MR) is 83.6 cm³/mol. The smallest absolute Gasteiger partial charge is 0.142 e. The molecule has 0 bridgehead atoms. The van der Waals surface area contributed by atoms with E-state index in [0.29, 0.717) is 6.04 Å². The predicted octanol–water partition coefficient (Wildman–Crippen LogP) is 2.18. The summed E-state index contributed by atoms with van der Waals surface area (Å²) in [5, 5.41) is 0. The second-order valence-corrected chi connectivity index (χ2v) is 5.74. The van der Waals surface area contributed by atoms with Gasteiger partial charge in [0.15, 0.2) is 0 Å². The van der Waals surface area contributed by atoms with E-state index in [9.17, 15) is 0 Å². The van der Waals surface area contributed by atoms with Gasteiger partial charge >= 0.3 is 0 Å². The molecule has 1 aromatic heterocycles. The van der Waals surface area contributed by atoms with Gasteiger partial charge in [0.25, 0.3) is 0 Å². The quantitative estimate of drug-likeness (QED) is 0.841. The highest BCUT2D eigenvalue weighted by Crippen LogP contribution is 2.18. The first-order valence-electron chi connectivity index (χ1n) is 7.53. The molecule has 1 saturated heterocycles. The van der Waals surface area contributed by atoms with Gasteiger partial charge in [-0.1, -0.05) is 30.3 Å². The van der Waals surface area contributed by atoms with Crippen LogP contribution in [0.25, 0.3) is 0 Å². The molecule has 0 spiro atoms. The minimum Gasteiger partial charge on any atom is -0.297 e. The summed E-state index contributed by atoms with van der Waals surface area (Å²) in [6.07, 6.45) is 4.84. The number of likely N-dealkylation sites (tertiary alicyclic amines) is 1. The summed E-state index contributed by atoms with van der Waals surface area (Å²) >= 11 is 0. The van der Waals surface area contributed by atoms with Crippen LogP contribution in [0.5, 0.6) is 0 Å². The zero-order chi connectivity index (χ0) is 14.5. The molecule has 1 aromatic carbocycles. The van der Waals surface area contributed by atoms with Crippen LogP contribution in [-0.2, 0) is 13.1 Å². The van der Waals surface area contributed by atoms with Gasteiger partial charge in [0.1, 0.15) is 5.82 Å². The fourth-order valence-corrected chi connectivity index (χ4v) is 2.92. The number of aromatic nitrogens is 2. The van der Waals surface area contributed by atoms with Crippen molar-refractivity contribution in [2.24, 2.45) is 0 Å². The number of hydrogen-bond acceptors (Lipinski definition) is 4. The first kappa shape index (κ1) is 14.2. The Morgan fingerprint density at radius 1 is 1.14 bits per heavy atom. The van der Waals surface area contributed by atoms with Gasteiger partial charge in [-0.05, 0) is 25.1 Å². The minimum atomic E-state index is 0.595. The van der Waals surface area contributed by atoms with Gasteiger partial charge in [-0.3, -0.25) is 9.80 Å². The molecule has 110 valence electrons. The second kappa shape index (κ2) is 6.78. The molecule has 0 N–H and O–H groups in total. The Morgan fingerprint density at radius 2 is 1.90 bits per heavy atom. The number of rotatable bonds is 5. The first-order chi connectivity index (χ1) is 10.3. The summed E-state index contributed by atoms with van der Waals surface area (Å²) < 4.78 is 0. The Kier molecular flexibility index (Phi) is 4.58. The molecule has 4 heteroatoms. The fourth-order valence-electron chi connectivity index (χ4n) is 2.92. The maximum Gasteiger partial charge on any atom is 0.142 e. The first-order valence-corrected chi connectivity index (χ1v) is 7.53. The SMILES string of the molecule is CN(Cc1ncccn1)[C@H]1CCN(Cc2ccccc2)C1. The van der Waals surface area contributed by atoms with Crippen molar-refractivity contribution in [1.29, 1.82) is 0 Å². The highest BCUT2D eigenvalue weighted by molar-refractivity contribution is 5.14. The van der Waals surface area contributed by atoms with E-state index in [2.05, 4.69) is 57.1 Å². The lowest BCUT2D eigenvalue weighted by molar-refractivity contribution is 0.218. The monoisotopic (exact) mass is 282 g/mol. The summed E-state index contributed by atoms with van der Waals surface area (Å²) in [6, 6.07) is 13.2. The highest BCUT2D eigenvalue weighted by atomic mass is 15.2. The molecule has 0 radical (unpaired) electrons. The van der Waals surface area contributed by atoms with E-state index in [1.807, 2.05) is 18.5 Å². The Bertz CT molecular complexity index is 543. The van der Waals surface area contributed by atoms with Gasteiger partial charge in [-0.15, -0.1) is 0 Å². The molecule has 0 saturated carbocycles. The van der Waals surface area contributed by atoms with E-state index in [0.717, 1.165) is 25.5 Å². The topological polar surface area (TPSA) is 32.3 Å². The number of nitrogens with zero attached hydrogens (tertiary/aromatic N) is 4. The van der Waals surface area contributed by atoms with Gasteiger partial charge in [0, 0.05) is 38.1 Å². The molecule has 0 aliphatic carbocycles. The molecule has 1 fully saturated rings. The molecule has 1 aliphatic rings. The lowest BCUT2D eigenvalue weighted by Crippen LogP contribution is -2.34. The molecule has 4 nitrogen and oxygen atoms in total. The average Bonchev–Trinajstić information content (AvgIpc) is 2.98. The standard InChI is InChI=1S/C17H22N4/c1-20(14-17-18-9-5-10-19-17)16-8-11-21(13-16)12-15-6-3-2-4-7-15/h2-7,9-10,16H,8,11-14H2,1H3/t16-/m0/s1. The normalized spacial score (nSPS) is 19.2. The molecule has 0 amide bonds. The van der Waals surface area contributed by atoms with Gasteiger partial charge < -0.3 is 0 Å². The summed E-state index contributed by atoms with van der Waals surface area (Å²) in [5.41, 5.74) is 1.40. The van der Waals surface area contributed by atoms with Crippen molar-refractivity contribution in [3.63, 3.8) is 0 Å². The zero-order valence-corrected chi connectivity index (χ0v) is 12.5. The van der Waals surface area contributed by atoms with Crippen molar-refractivity contribution in [1.82, 2.24) is 19.8 Å². The van der Waals surface area contributed by atoms with Crippen molar-refractivity contribution in [2.45, 2.75) is 25.6 Å². The molecule has 3 rings (SSSR count). The maximum atomic E-state index is 4.31. The molecule has 0 unspecified atom stereocenters. The number of likely N-dealkylation sites (N-methyl/N-ethyl adjacent to an activating group) is 1. The van der Waals surface area contributed by atoms with Crippen molar-refractivity contribution >= 4 is 0 Å². The zero-order valence-electron chi connectivity index (χ0n) is 12.5. The van der Waals surface area contributed by atoms with Gasteiger partial charge in [0.2, 0.25) is 0 Å². The molecule has 1 aliphatic heterocycles. The number of hydrogen-bond donors (Lipinski definition) is 0. The Morgan fingerprint density at radius 3 is 2.67 bits per heavy atom. The molecule has 2 heterocycles. The van der Waals surface area contributed by atoms with Crippen LogP contribution < -0.4 is 0 Å². The molecule has 1 atom stereocenters. The van der Waals surface area contributed by atoms with Crippen LogP contribution in [0.1, 0.15) is 17.8 Å². The van der Waals surface area contributed by atoms with Crippen molar-refractivity contribution in [2.75, 3.05) is 20.1 Å². The Hall–Kier alpha value is -1.78. The third kappa shape index (κ3) is 3.86.